The topological polar surface area (TPSA) is 37.3 Å². The number of rotatable bonds is 1. The van der Waals surface area contributed by atoms with Crippen molar-refractivity contribution in [3.05, 3.63) is 36.5 Å². The Morgan fingerprint density at radius 1 is 0.429 bits per heavy atom. The lowest BCUT2D eigenvalue weighted by atomic mass is 10.1. The molecule has 2 nitrogen and oxygen atoms in total. The second-order valence-corrected chi connectivity index (χ2v) is 10.3. The van der Waals surface area contributed by atoms with Gasteiger partial charge in [0.1, 0.15) is 0 Å². The molecule has 0 spiro atoms. The summed E-state index contributed by atoms with van der Waals surface area (Å²) in [7, 11) is 0. The van der Waals surface area contributed by atoms with E-state index in [0.717, 1.165) is 0 Å². The molecule has 0 aromatic carbocycles. The van der Waals surface area contributed by atoms with Crippen LogP contribution >= 0.6 is 0 Å². The first-order chi connectivity index (χ1) is 17.3. The molecule has 3 aliphatic rings. The minimum absolute atomic E-state index is 0.222. The number of hydrogen-bond donors (Lipinski definition) is 1. The number of hydrogen-bond acceptors (Lipinski definition) is 1. The van der Waals surface area contributed by atoms with E-state index >= 15 is 0 Å². The van der Waals surface area contributed by atoms with Crippen LogP contribution in [0.2, 0.25) is 0 Å². The molecule has 0 bridgehead atoms. The van der Waals surface area contributed by atoms with Crippen molar-refractivity contribution in [1.29, 1.82) is 0 Å². The van der Waals surface area contributed by atoms with Gasteiger partial charge < -0.3 is 5.11 Å². The molecule has 0 radical (unpaired) electrons. The summed E-state index contributed by atoms with van der Waals surface area (Å²) in [5.74, 6) is -0.745. The summed E-state index contributed by atoms with van der Waals surface area (Å²) in [6, 6.07) is 0. The lowest BCUT2D eigenvalue weighted by Gasteiger charge is -2.01. The number of carbonyl (C=O) groups is 1. The first kappa shape index (κ1) is 33.7. The second-order valence-electron chi connectivity index (χ2n) is 10.3. The maximum atomic E-state index is 9.37. The Morgan fingerprint density at radius 3 is 0.714 bits per heavy atom. The molecule has 0 saturated carbocycles. The van der Waals surface area contributed by atoms with E-state index in [-0.39, 0.29) is 6.42 Å². The van der Waals surface area contributed by atoms with Gasteiger partial charge in [-0.15, -0.1) is 0 Å². The SMILES string of the molecule is C1=C\CCCCCCCC/1.C1=C\CCCCCCCC/1.C1=C\CCCCCCCC/1.CCC(=O)O. The van der Waals surface area contributed by atoms with Gasteiger partial charge in [0.2, 0.25) is 0 Å². The van der Waals surface area contributed by atoms with Crippen molar-refractivity contribution in [2.75, 3.05) is 0 Å². The number of carboxylic acid groups (broad SMARTS) is 1. The van der Waals surface area contributed by atoms with Crippen LogP contribution in [0.1, 0.15) is 167 Å². The fraction of sp³-hybridized carbons (Fsp3) is 0.788. The first-order valence-corrected chi connectivity index (χ1v) is 15.4. The average molecular weight is 489 g/mol. The zero-order chi connectivity index (χ0) is 25.5. The van der Waals surface area contributed by atoms with Crippen LogP contribution in [0, 0.1) is 0 Å². The van der Waals surface area contributed by atoms with Crippen molar-refractivity contribution in [3.63, 3.8) is 0 Å². The highest BCUT2D eigenvalue weighted by Crippen LogP contribution is 2.13. The molecule has 0 aromatic heterocycles. The molecular formula is C33H60O2. The quantitative estimate of drug-likeness (QED) is 0.372. The van der Waals surface area contributed by atoms with Crippen LogP contribution in [0.15, 0.2) is 36.5 Å². The zero-order valence-electron chi connectivity index (χ0n) is 23.5. The van der Waals surface area contributed by atoms with Gasteiger partial charge >= 0.3 is 5.97 Å². The Morgan fingerprint density at radius 2 is 0.571 bits per heavy atom. The molecule has 3 aliphatic carbocycles. The highest BCUT2D eigenvalue weighted by Gasteiger charge is 1.93. The molecule has 35 heavy (non-hydrogen) atoms. The molecule has 0 aliphatic heterocycles. The third-order valence-electron chi connectivity index (χ3n) is 6.78. The summed E-state index contributed by atoms with van der Waals surface area (Å²) < 4.78 is 0. The van der Waals surface area contributed by atoms with E-state index in [4.69, 9.17) is 5.11 Å². The first-order valence-electron chi connectivity index (χ1n) is 15.4. The van der Waals surface area contributed by atoms with Gasteiger partial charge in [0.15, 0.2) is 0 Å². The van der Waals surface area contributed by atoms with Gasteiger partial charge in [-0.3, -0.25) is 4.79 Å². The van der Waals surface area contributed by atoms with E-state index in [2.05, 4.69) is 36.5 Å². The Labute approximate surface area is 219 Å². The fourth-order valence-corrected chi connectivity index (χ4v) is 4.40. The minimum atomic E-state index is -0.745. The molecule has 3 rings (SSSR count). The normalized spacial score (nSPS) is 23.0. The average Bonchev–Trinajstić information content (AvgIpc) is 2.91. The third-order valence-corrected chi connectivity index (χ3v) is 6.78. The van der Waals surface area contributed by atoms with Crippen LogP contribution in [0.3, 0.4) is 0 Å². The Kier molecular flexibility index (Phi) is 29.6. The molecule has 0 atom stereocenters. The molecule has 2 heteroatoms. The van der Waals surface area contributed by atoms with Crippen LogP contribution in [0.25, 0.3) is 0 Å². The number of allylic oxidation sites excluding steroid dienone is 6. The van der Waals surface area contributed by atoms with Crippen molar-refractivity contribution < 1.29 is 9.90 Å². The van der Waals surface area contributed by atoms with E-state index in [1.54, 1.807) is 6.92 Å². The van der Waals surface area contributed by atoms with Crippen LogP contribution in [0.4, 0.5) is 0 Å². The van der Waals surface area contributed by atoms with Gasteiger partial charge in [-0.05, 0) is 77.0 Å². The Hall–Kier alpha value is -1.31. The molecule has 0 aromatic rings. The lowest BCUT2D eigenvalue weighted by Crippen LogP contribution is -1.86. The van der Waals surface area contributed by atoms with Crippen LogP contribution in [-0.4, -0.2) is 11.1 Å². The summed E-state index contributed by atoms with van der Waals surface area (Å²) in [5.41, 5.74) is 0. The fourth-order valence-electron chi connectivity index (χ4n) is 4.40. The van der Waals surface area contributed by atoms with Crippen LogP contribution < -0.4 is 0 Å². The molecule has 0 unspecified atom stereocenters. The van der Waals surface area contributed by atoms with Gasteiger partial charge in [0.05, 0.1) is 0 Å². The smallest absolute Gasteiger partial charge is 0.303 e. The van der Waals surface area contributed by atoms with E-state index in [9.17, 15) is 4.79 Å². The minimum Gasteiger partial charge on any atom is -0.481 e. The van der Waals surface area contributed by atoms with E-state index in [0.29, 0.717) is 0 Å². The van der Waals surface area contributed by atoms with E-state index in [1.807, 2.05) is 0 Å². The third kappa shape index (κ3) is 32.7. The van der Waals surface area contributed by atoms with Crippen molar-refractivity contribution in [1.82, 2.24) is 0 Å². The lowest BCUT2D eigenvalue weighted by molar-refractivity contribution is -0.136. The molecule has 0 saturated heterocycles. The van der Waals surface area contributed by atoms with Crippen molar-refractivity contribution in [2.24, 2.45) is 0 Å². The van der Waals surface area contributed by atoms with E-state index in [1.165, 1.54) is 154 Å². The summed E-state index contributed by atoms with van der Waals surface area (Å²) in [5, 5.41) is 7.72. The van der Waals surface area contributed by atoms with Gasteiger partial charge in [-0.25, -0.2) is 0 Å². The van der Waals surface area contributed by atoms with Gasteiger partial charge in [-0.1, -0.05) is 120 Å². The zero-order valence-corrected chi connectivity index (χ0v) is 23.5. The van der Waals surface area contributed by atoms with Gasteiger partial charge in [0, 0.05) is 6.42 Å². The van der Waals surface area contributed by atoms with Crippen molar-refractivity contribution in [3.8, 4) is 0 Å². The van der Waals surface area contributed by atoms with Crippen LogP contribution in [0.5, 0.6) is 0 Å². The highest BCUT2D eigenvalue weighted by atomic mass is 16.4. The maximum Gasteiger partial charge on any atom is 0.303 e. The predicted molar refractivity (Wildman–Crippen MR) is 156 cm³/mol. The summed E-state index contributed by atoms with van der Waals surface area (Å²) in [6.07, 6.45) is 48.2. The number of aliphatic carboxylic acids is 1. The molecule has 0 amide bonds. The van der Waals surface area contributed by atoms with E-state index < -0.39 is 5.97 Å². The monoisotopic (exact) mass is 488 g/mol. The second kappa shape index (κ2) is 30.7. The summed E-state index contributed by atoms with van der Waals surface area (Å²) in [6.45, 7) is 1.60. The molecule has 0 fully saturated rings. The van der Waals surface area contributed by atoms with Gasteiger partial charge in [-0.2, -0.15) is 0 Å². The maximum absolute atomic E-state index is 9.37. The molecular weight excluding hydrogens is 428 g/mol. The molecule has 1 N–H and O–H groups in total. The molecule has 0 heterocycles. The standard InChI is InChI=1S/3C10H18.C3H6O2/c3*1-2-4-6-8-10-9-7-5-3-1;1-2-3(4)5/h3*1-2H,3-10H2;2H2,1H3,(H,4,5)/b3*2-1-;. The van der Waals surface area contributed by atoms with Crippen molar-refractivity contribution in [2.45, 2.75) is 167 Å². The molecule has 204 valence electrons. The van der Waals surface area contributed by atoms with Crippen LogP contribution in [-0.2, 0) is 4.79 Å². The van der Waals surface area contributed by atoms with Gasteiger partial charge in [0.25, 0.3) is 0 Å². The highest BCUT2D eigenvalue weighted by molar-refractivity contribution is 5.66. The summed E-state index contributed by atoms with van der Waals surface area (Å²) in [4.78, 5) is 9.37. The van der Waals surface area contributed by atoms with Crippen molar-refractivity contribution >= 4 is 5.97 Å². The Balaban J connectivity index is 0.000000453. The Bertz CT molecular complexity index is 405. The number of carboxylic acids is 1. The largest absolute Gasteiger partial charge is 0.481 e. The predicted octanol–water partition coefficient (Wildman–Crippen LogP) is 11.5. The summed E-state index contributed by atoms with van der Waals surface area (Å²) >= 11 is 0.